The zero-order valence-corrected chi connectivity index (χ0v) is 5.10. The highest BCUT2D eigenvalue weighted by Gasteiger charge is 1.96. The van der Waals surface area contributed by atoms with E-state index in [0.29, 0.717) is 5.58 Å². The standard InChI is InChI=1S/C8H4FO/c9-7-2-1-6-3-4-10-8(6)5-7/h1-2,4-5H. The highest BCUT2D eigenvalue weighted by molar-refractivity contribution is 5.75. The van der Waals surface area contributed by atoms with Crippen molar-refractivity contribution >= 4 is 11.0 Å². The summed E-state index contributed by atoms with van der Waals surface area (Å²) in [5.41, 5.74) is 0.542. The number of rotatable bonds is 0. The number of furan rings is 1. The first-order valence-electron chi connectivity index (χ1n) is 2.91. The van der Waals surface area contributed by atoms with Crippen molar-refractivity contribution in [2.45, 2.75) is 0 Å². The Hall–Kier alpha value is -1.31. The molecule has 0 amide bonds. The van der Waals surface area contributed by atoms with E-state index < -0.39 is 0 Å². The molecule has 0 aliphatic heterocycles. The van der Waals surface area contributed by atoms with Crippen LogP contribution in [0, 0.1) is 11.9 Å². The Labute approximate surface area is 57.1 Å². The van der Waals surface area contributed by atoms with Crippen molar-refractivity contribution in [3.63, 3.8) is 0 Å². The van der Waals surface area contributed by atoms with Crippen LogP contribution in [-0.2, 0) is 0 Å². The normalized spacial score (nSPS) is 10.5. The van der Waals surface area contributed by atoms with E-state index in [2.05, 4.69) is 6.07 Å². The Balaban J connectivity index is 2.86. The van der Waals surface area contributed by atoms with Crippen molar-refractivity contribution in [2.24, 2.45) is 0 Å². The average Bonchev–Trinajstić information content (AvgIpc) is 2.33. The lowest BCUT2D eigenvalue weighted by atomic mass is 10.2. The third kappa shape index (κ3) is 0.692. The molecular weight excluding hydrogens is 131 g/mol. The molecule has 1 aromatic carbocycles. The molecule has 0 unspecified atom stereocenters. The molecular formula is C8H4FO. The van der Waals surface area contributed by atoms with Crippen molar-refractivity contribution in [3.05, 3.63) is 36.3 Å². The fraction of sp³-hybridized carbons (Fsp3) is 0. The molecule has 0 saturated heterocycles. The molecule has 2 aromatic rings. The van der Waals surface area contributed by atoms with Gasteiger partial charge in [0.25, 0.3) is 0 Å². The summed E-state index contributed by atoms with van der Waals surface area (Å²) >= 11 is 0. The Kier molecular flexibility index (Phi) is 1.01. The van der Waals surface area contributed by atoms with Gasteiger partial charge >= 0.3 is 0 Å². The van der Waals surface area contributed by atoms with Crippen LogP contribution >= 0.6 is 0 Å². The second-order valence-corrected chi connectivity index (χ2v) is 2.02. The largest absolute Gasteiger partial charge is 0.464 e. The molecule has 10 heavy (non-hydrogen) atoms. The molecule has 1 aromatic heterocycles. The van der Waals surface area contributed by atoms with Crippen LogP contribution in [0.15, 0.2) is 28.9 Å². The van der Waals surface area contributed by atoms with E-state index in [0.717, 1.165) is 5.39 Å². The lowest BCUT2D eigenvalue weighted by Crippen LogP contribution is -1.69. The Morgan fingerprint density at radius 1 is 1.40 bits per heavy atom. The highest BCUT2D eigenvalue weighted by atomic mass is 19.1. The van der Waals surface area contributed by atoms with Crippen LogP contribution in [-0.4, -0.2) is 0 Å². The molecule has 0 N–H and O–H groups in total. The van der Waals surface area contributed by atoms with E-state index in [9.17, 15) is 4.39 Å². The Morgan fingerprint density at radius 3 is 3.20 bits per heavy atom. The zero-order chi connectivity index (χ0) is 6.97. The first-order chi connectivity index (χ1) is 4.86. The Bertz CT molecular complexity index is 351. The predicted octanol–water partition coefficient (Wildman–Crippen LogP) is 2.37. The molecule has 1 nitrogen and oxygen atoms in total. The van der Waals surface area contributed by atoms with E-state index in [1.165, 1.54) is 18.4 Å². The maximum atomic E-state index is 12.4. The van der Waals surface area contributed by atoms with Crippen LogP contribution in [0.3, 0.4) is 0 Å². The molecule has 2 rings (SSSR count). The third-order valence-electron chi connectivity index (χ3n) is 1.34. The van der Waals surface area contributed by atoms with Crippen molar-refractivity contribution < 1.29 is 8.81 Å². The zero-order valence-electron chi connectivity index (χ0n) is 5.10. The van der Waals surface area contributed by atoms with Gasteiger partial charge in [-0.3, -0.25) is 0 Å². The molecule has 0 spiro atoms. The second kappa shape index (κ2) is 1.84. The lowest BCUT2D eigenvalue weighted by molar-refractivity contribution is 0.598. The first-order valence-corrected chi connectivity index (χ1v) is 2.91. The average molecular weight is 135 g/mol. The van der Waals surface area contributed by atoms with Gasteiger partial charge in [0.15, 0.2) is 0 Å². The number of fused-ring (bicyclic) bond motifs is 1. The van der Waals surface area contributed by atoms with Gasteiger partial charge in [-0.05, 0) is 12.1 Å². The minimum atomic E-state index is -0.282. The van der Waals surface area contributed by atoms with Crippen molar-refractivity contribution in [3.8, 4) is 0 Å². The fourth-order valence-corrected chi connectivity index (χ4v) is 0.869. The summed E-state index contributed by atoms with van der Waals surface area (Å²) in [6.07, 6.45) is 1.42. The smallest absolute Gasteiger partial charge is 0.137 e. The molecule has 0 fully saturated rings. The van der Waals surface area contributed by atoms with Gasteiger partial charge in [-0.25, -0.2) is 4.39 Å². The summed E-state index contributed by atoms with van der Waals surface area (Å²) < 4.78 is 17.3. The maximum absolute atomic E-state index is 12.4. The van der Waals surface area contributed by atoms with Gasteiger partial charge in [0.2, 0.25) is 0 Å². The van der Waals surface area contributed by atoms with Crippen molar-refractivity contribution in [1.29, 1.82) is 0 Å². The van der Waals surface area contributed by atoms with Gasteiger partial charge in [-0.2, -0.15) is 0 Å². The van der Waals surface area contributed by atoms with Crippen LogP contribution in [0.25, 0.3) is 11.0 Å². The summed E-state index contributed by atoms with van der Waals surface area (Å²) in [6.45, 7) is 0. The van der Waals surface area contributed by atoms with Crippen LogP contribution in [0.2, 0.25) is 0 Å². The van der Waals surface area contributed by atoms with Crippen LogP contribution < -0.4 is 0 Å². The maximum Gasteiger partial charge on any atom is 0.137 e. The van der Waals surface area contributed by atoms with Gasteiger partial charge in [0, 0.05) is 17.5 Å². The SMILES string of the molecule is Fc1ccc2[c]coc2c1. The quantitative estimate of drug-likeness (QED) is 0.540. The number of hydrogen-bond acceptors (Lipinski definition) is 1. The lowest BCUT2D eigenvalue weighted by Gasteiger charge is -1.85. The topological polar surface area (TPSA) is 13.1 Å². The number of halogens is 1. The van der Waals surface area contributed by atoms with Gasteiger partial charge in [0.1, 0.15) is 11.4 Å². The van der Waals surface area contributed by atoms with Crippen LogP contribution in [0.1, 0.15) is 0 Å². The monoisotopic (exact) mass is 135 g/mol. The molecule has 1 radical (unpaired) electrons. The predicted molar refractivity (Wildman–Crippen MR) is 35.0 cm³/mol. The van der Waals surface area contributed by atoms with Gasteiger partial charge in [-0.1, -0.05) is 0 Å². The van der Waals surface area contributed by atoms with Crippen molar-refractivity contribution in [1.82, 2.24) is 0 Å². The van der Waals surface area contributed by atoms with Crippen LogP contribution in [0.5, 0.6) is 0 Å². The van der Waals surface area contributed by atoms with Gasteiger partial charge in [-0.15, -0.1) is 0 Å². The second-order valence-electron chi connectivity index (χ2n) is 2.02. The minimum Gasteiger partial charge on any atom is -0.464 e. The minimum absolute atomic E-state index is 0.282. The fourth-order valence-electron chi connectivity index (χ4n) is 0.869. The number of benzene rings is 1. The number of hydrogen-bond donors (Lipinski definition) is 0. The molecule has 0 atom stereocenters. The van der Waals surface area contributed by atoms with Gasteiger partial charge < -0.3 is 4.42 Å². The summed E-state index contributed by atoms with van der Waals surface area (Å²) in [7, 11) is 0. The molecule has 49 valence electrons. The third-order valence-corrected chi connectivity index (χ3v) is 1.34. The van der Waals surface area contributed by atoms with E-state index in [4.69, 9.17) is 4.42 Å². The molecule has 0 bridgehead atoms. The van der Waals surface area contributed by atoms with E-state index >= 15 is 0 Å². The highest BCUT2D eigenvalue weighted by Crippen LogP contribution is 2.14. The molecule has 2 heteroatoms. The Morgan fingerprint density at radius 2 is 2.30 bits per heavy atom. The van der Waals surface area contributed by atoms with Crippen molar-refractivity contribution in [2.75, 3.05) is 0 Å². The molecule has 0 aliphatic carbocycles. The van der Waals surface area contributed by atoms with E-state index in [-0.39, 0.29) is 5.82 Å². The first kappa shape index (κ1) is 5.47. The summed E-state index contributed by atoms with van der Waals surface area (Å²) in [5, 5.41) is 0.807. The summed E-state index contributed by atoms with van der Waals surface area (Å²) in [6, 6.07) is 7.17. The molecule has 0 saturated carbocycles. The van der Waals surface area contributed by atoms with Gasteiger partial charge in [0.05, 0.1) is 6.26 Å². The van der Waals surface area contributed by atoms with E-state index in [1.807, 2.05) is 0 Å². The molecule has 1 heterocycles. The molecule has 0 aliphatic rings. The van der Waals surface area contributed by atoms with E-state index in [1.54, 1.807) is 6.07 Å². The summed E-state index contributed by atoms with van der Waals surface area (Å²) in [4.78, 5) is 0. The summed E-state index contributed by atoms with van der Waals surface area (Å²) in [5.74, 6) is -0.282. The van der Waals surface area contributed by atoms with Crippen LogP contribution in [0.4, 0.5) is 4.39 Å².